The molecule has 0 aliphatic carbocycles. The summed E-state index contributed by atoms with van der Waals surface area (Å²) in [6.45, 7) is -0.177. The van der Waals surface area contributed by atoms with Crippen molar-refractivity contribution in [2.45, 2.75) is 16.4 Å². The van der Waals surface area contributed by atoms with Gasteiger partial charge in [-0.15, -0.1) is 0 Å². The number of ether oxygens (including phenoxy) is 2. The Morgan fingerprint density at radius 3 is 2.05 bits per heavy atom. The summed E-state index contributed by atoms with van der Waals surface area (Å²) in [4.78, 5) is 12.8. The molecular formula is C25H15Cl6NO6S. The van der Waals surface area contributed by atoms with Crippen LogP contribution >= 0.6 is 69.6 Å². The summed E-state index contributed by atoms with van der Waals surface area (Å²) in [5.74, 6) is -0.291. The molecule has 1 heterocycles. The number of nitrogens with one attached hydrogen (secondary N) is 1. The molecule has 1 N–H and O–H groups in total. The Kier molecular flexibility index (Phi) is 9.18. The minimum atomic E-state index is -3.94. The van der Waals surface area contributed by atoms with Crippen LogP contribution in [0.15, 0.2) is 68.8 Å². The molecule has 0 saturated heterocycles. The van der Waals surface area contributed by atoms with Gasteiger partial charge >= 0.3 is 0 Å². The topological polar surface area (TPSA) is 94.8 Å². The third kappa shape index (κ3) is 6.38. The van der Waals surface area contributed by atoms with Crippen LogP contribution in [0.5, 0.6) is 11.5 Å². The fraction of sp³-hybridized carbons (Fsp3) is 0.0800. The van der Waals surface area contributed by atoms with Crippen LogP contribution in [0.2, 0.25) is 30.1 Å². The summed E-state index contributed by atoms with van der Waals surface area (Å²) in [5.41, 5.74) is 0.158. The summed E-state index contributed by atoms with van der Waals surface area (Å²) in [6, 6.07) is 12.7. The molecule has 0 unspecified atom stereocenters. The Morgan fingerprint density at radius 2 is 1.44 bits per heavy atom. The number of methoxy groups -OCH3 is 1. The molecule has 3 aromatic carbocycles. The van der Waals surface area contributed by atoms with Crippen LogP contribution in [-0.2, 0) is 16.4 Å². The van der Waals surface area contributed by atoms with Crippen molar-refractivity contribution in [1.82, 2.24) is 0 Å². The third-order valence-corrected chi connectivity index (χ3v) is 9.46. The first-order valence-electron chi connectivity index (χ1n) is 10.7. The maximum Gasteiger partial charge on any atom is 0.291 e. The minimum Gasteiger partial charge on any atom is -0.497 e. The Balaban J connectivity index is 1.53. The third-order valence-electron chi connectivity index (χ3n) is 5.22. The zero-order valence-corrected chi connectivity index (χ0v) is 24.9. The molecule has 0 radical (unpaired) electrons. The average Bonchev–Trinajstić information content (AvgIpc) is 3.40. The van der Waals surface area contributed by atoms with E-state index in [1.54, 1.807) is 0 Å². The molecule has 14 heteroatoms. The van der Waals surface area contributed by atoms with Crippen LogP contribution in [0.25, 0.3) is 0 Å². The van der Waals surface area contributed by atoms with Crippen LogP contribution in [0.3, 0.4) is 0 Å². The highest BCUT2D eigenvalue weighted by Crippen LogP contribution is 2.48. The normalized spacial score (nSPS) is 11.4. The smallest absolute Gasteiger partial charge is 0.291 e. The number of rotatable bonds is 8. The lowest BCUT2D eigenvalue weighted by Crippen LogP contribution is -2.12. The zero-order valence-electron chi connectivity index (χ0n) is 19.5. The first kappa shape index (κ1) is 29.7. The van der Waals surface area contributed by atoms with E-state index in [9.17, 15) is 13.2 Å². The summed E-state index contributed by atoms with van der Waals surface area (Å²) in [7, 11) is -2.56. The fourth-order valence-corrected chi connectivity index (χ4v) is 5.97. The van der Waals surface area contributed by atoms with Crippen LogP contribution in [-0.4, -0.2) is 21.4 Å². The average molecular weight is 670 g/mol. The molecule has 4 aromatic rings. The van der Waals surface area contributed by atoms with Gasteiger partial charge in [0.25, 0.3) is 5.91 Å². The highest BCUT2D eigenvalue weighted by molar-refractivity contribution is 7.91. The molecule has 0 aliphatic rings. The van der Waals surface area contributed by atoms with E-state index in [4.69, 9.17) is 83.5 Å². The van der Waals surface area contributed by atoms with Gasteiger partial charge in [-0.3, -0.25) is 4.79 Å². The van der Waals surface area contributed by atoms with Crippen molar-refractivity contribution >= 4 is 91.0 Å². The first-order chi connectivity index (χ1) is 18.4. The molecular weight excluding hydrogens is 655 g/mol. The number of amides is 1. The van der Waals surface area contributed by atoms with Crippen molar-refractivity contribution < 1.29 is 27.1 Å². The summed E-state index contributed by atoms with van der Waals surface area (Å²) in [6.07, 6.45) is 0. The molecule has 1 amide bonds. The molecule has 0 bridgehead atoms. The van der Waals surface area contributed by atoms with Crippen molar-refractivity contribution in [3.8, 4) is 11.5 Å². The molecule has 0 saturated carbocycles. The number of hydrogen-bond donors (Lipinski definition) is 1. The molecule has 39 heavy (non-hydrogen) atoms. The predicted octanol–water partition coefficient (Wildman–Crippen LogP) is 8.87. The number of sulfone groups is 1. The number of furan rings is 1. The van der Waals surface area contributed by atoms with Crippen LogP contribution < -0.4 is 14.8 Å². The monoisotopic (exact) mass is 667 g/mol. The molecule has 4 rings (SSSR count). The summed E-state index contributed by atoms with van der Waals surface area (Å²) >= 11 is 36.3. The molecule has 0 aliphatic heterocycles. The number of anilines is 1. The maximum atomic E-state index is 13.1. The van der Waals surface area contributed by atoms with E-state index in [0.717, 1.165) is 0 Å². The Labute approximate surface area is 253 Å². The fourth-order valence-electron chi connectivity index (χ4n) is 3.29. The van der Waals surface area contributed by atoms with E-state index in [2.05, 4.69) is 5.32 Å². The van der Waals surface area contributed by atoms with Gasteiger partial charge in [0.2, 0.25) is 9.84 Å². The lowest BCUT2D eigenvalue weighted by molar-refractivity contribution is 0.0992. The molecule has 0 fully saturated rings. The zero-order chi connectivity index (χ0) is 28.5. The van der Waals surface area contributed by atoms with Crippen LogP contribution in [0.4, 0.5) is 5.69 Å². The van der Waals surface area contributed by atoms with E-state index in [0.29, 0.717) is 5.02 Å². The largest absolute Gasteiger partial charge is 0.497 e. The Hall–Kier alpha value is -2.30. The second-order valence-electron chi connectivity index (χ2n) is 7.76. The van der Waals surface area contributed by atoms with E-state index < -0.39 is 15.7 Å². The number of carbonyl (C=O) groups is 1. The molecule has 204 valence electrons. The van der Waals surface area contributed by atoms with E-state index >= 15 is 0 Å². The van der Waals surface area contributed by atoms with Gasteiger partial charge in [0, 0.05) is 16.8 Å². The predicted molar refractivity (Wildman–Crippen MR) is 152 cm³/mol. The first-order valence-corrected chi connectivity index (χ1v) is 14.4. The summed E-state index contributed by atoms with van der Waals surface area (Å²) in [5, 5.41) is 2.84. The quantitative estimate of drug-likeness (QED) is 0.149. The van der Waals surface area contributed by atoms with Crippen molar-refractivity contribution in [2.75, 3.05) is 12.4 Å². The Bertz CT molecular complexity index is 1640. The van der Waals surface area contributed by atoms with Gasteiger partial charge in [-0.1, -0.05) is 69.6 Å². The Morgan fingerprint density at radius 1 is 0.821 bits per heavy atom. The SMILES string of the molecule is COc1cc(NC(=O)c2ccc(COc3c(Cl)c(Cl)c(Cl)c(Cl)c3Cl)o2)cc(S(=O)(=O)c2ccc(Cl)cc2)c1. The second-order valence-corrected chi connectivity index (χ2v) is 12.0. The highest BCUT2D eigenvalue weighted by atomic mass is 35.5. The van der Waals surface area contributed by atoms with Gasteiger partial charge < -0.3 is 19.2 Å². The van der Waals surface area contributed by atoms with Crippen molar-refractivity contribution in [2.24, 2.45) is 0 Å². The van der Waals surface area contributed by atoms with Gasteiger partial charge in [-0.25, -0.2) is 8.42 Å². The van der Waals surface area contributed by atoms with E-state index in [1.165, 1.54) is 61.7 Å². The van der Waals surface area contributed by atoms with Gasteiger partial charge in [0.05, 0.1) is 32.0 Å². The minimum absolute atomic E-state index is 0.00839. The van der Waals surface area contributed by atoms with Gasteiger partial charge in [0.1, 0.15) is 28.2 Å². The number of halogens is 6. The number of benzene rings is 3. The highest BCUT2D eigenvalue weighted by Gasteiger charge is 2.23. The molecule has 0 atom stereocenters. The molecule has 0 spiro atoms. The summed E-state index contributed by atoms with van der Waals surface area (Å²) < 4.78 is 42.7. The van der Waals surface area contributed by atoms with Crippen molar-refractivity contribution in [1.29, 1.82) is 0 Å². The maximum absolute atomic E-state index is 13.1. The molecule has 1 aromatic heterocycles. The van der Waals surface area contributed by atoms with E-state index in [1.807, 2.05) is 0 Å². The molecule has 7 nitrogen and oxygen atoms in total. The lowest BCUT2D eigenvalue weighted by atomic mass is 10.3. The van der Waals surface area contributed by atoms with E-state index in [-0.39, 0.29) is 70.2 Å². The second kappa shape index (κ2) is 12.1. The van der Waals surface area contributed by atoms with Gasteiger partial charge in [0.15, 0.2) is 11.5 Å². The standard InChI is InChI=1S/C25H15Cl6NO6S/c1-36-15-8-13(9-17(10-15)39(34,35)16-5-2-12(26)3-6-16)32-25(33)18-7-4-14(38-18)11-37-24-22(30)20(28)19(27)21(29)23(24)31/h2-10H,11H2,1H3,(H,32,33). The van der Waals surface area contributed by atoms with Crippen molar-refractivity contribution in [3.05, 3.63) is 96.3 Å². The number of hydrogen-bond acceptors (Lipinski definition) is 6. The number of carbonyl (C=O) groups excluding carboxylic acids is 1. The van der Waals surface area contributed by atoms with Gasteiger partial charge in [-0.2, -0.15) is 0 Å². The lowest BCUT2D eigenvalue weighted by Gasteiger charge is -2.13. The van der Waals surface area contributed by atoms with Crippen molar-refractivity contribution in [3.63, 3.8) is 0 Å². The van der Waals surface area contributed by atoms with Crippen LogP contribution in [0.1, 0.15) is 16.3 Å². The van der Waals surface area contributed by atoms with Crippen LogP contribution in [0, 0.1) is 0 Å². The van der Waals surface area contributed by atoms with Gasteiger partial charge in [-0.05, 0) is 48.5 Å².